The summed E-state index contributed by atoms with van der Waals surface area (Å²) in [6.07, 6.45) is -0.899. The Kier molecular flexibility index (Phi) is 5.26. The molecule has 3 unspecified atom stereocenters. The first-order valence-electron chi connectivity index (χ1n) is 11.0. The molecule has 2 aliphatic heterocycles. The van der Waals surface area contributed by atoms with E-state index < -0.39 is 18.1 Å². The van der Waals surface area contributed by atoms with Crippen LogP contribution in [0.25, 0.3) is 0 Å². The van der Waals surface area contributed by atoms with Crippen molar-refractivity contribution < 1.29 is 14.4 Å². The largest absolute Gasteiger partial charge is 0.273 e. The van der Waals surface area contributed by atoms with Crippen LogP contribution in [-0.4, -0.2) is 17.9 Å². The third-order valence-electron chi connectivity index (χ3n) is 6.31. The maximum Gasteiger partial charge on any atom is 0.266 e. The quantitative estimate of drug-likeness (QED) is 0.471. The Bertz CT molecular complexity index is 1200. The molecule has 2 amide bonds. The highest BCUT2D eigenvalue weighted by Crippen LogP contribution is 2.47. The molecule has 5 nitrogen and oxygen atoms in total. The molecule has 0 aromatic heterocycles. The van der Waals surface area contributed by atoms with Crippen LogP contribution in [0.5, 0.6) is 0 Å². The number of para-hydroxylation sites is 1. The molecule has 3 aromatic carbocycles. The fraction of sp³-hybridized carbons (Fsp3) is 0.259. The van der Waals surface area contributed by atoms with Crippen LogP contribution in [0.1, 0.15) is 37.9 Å². The molecule has 0 spiro atoms. The van der Waals surface area contributed by atoms with Gasteiger partial charge in [-0.1, -0.05) is 80.9 Å². The highest BCUT2D eigenvalue weighted by atomic mass is 35.5. The standard InChI is InChI=1S/C27H25ClN2O3/c1-27(2,3)18-14-12-17(13-15-18)23-22-24(33-30(23)20-9-5-4-6-10-20)26(32)29(25(22)31)21-11-7-8-19(28)16-21/h4-16,22-24H,1-3H3. The molecule has 5 rings (SSSR count). The van der Waals surface area contributed by atoms with Gasteiger partial charge in [-0.05, 0) is 46.9 Å². The van der Waals surface area contributed by atoms with Crippen molar-refractivity contribution in [3.8, 4) is 0 Å². The van der Waals surface area contributed by atoms with Crippen LogP contribution in [0.3, 0.4) is 0 Å². The molecule has 6 heteroatoms. The molecule has 3 aromatic rings. The van der Waals surface area contributed by atoms with Crippen LogP contribution in [0, 0.1) is 5.92 Å². The van der Waals surface area contributed by atoms with E-state index in [4.69, 9.17) is 16.4 Å². The number of halogens is 1. The minimum absolute atomic E-state index is 0.00881. The second-order valence-electron chi connectivity index (χ2n) is 9.52. The summed E-state index contributed by atoms with van der Waals surface area (Å²) in [5.41, 5.74) is 3.39. The predicted octanol–water partition coefficient (Wildman–Crippen LogP) is 5.69. The van der Waals surface area contributed by atoms with Crippen molar-refractivity contribution in [2.45, 2.75) is 38.3 Å². The number of hydroxylamine groups is 1. The highest BCUT2D eigenvalue weighted by molar-refractivity contribution is 6.31. The van der Waals surface area contributed by atoms with Crippen LogP contribution in [0.4, 0.5) is 11.4 Å². The minimum atomic E-state index is -0.899. The molecule has 33 heavy (non-hydrogen) atoms. The lowest BCUT2D eigenvalue weighted by atomic mass is 9.84. The lowest BCUT2D eigenvalue weighted by Gasteiger charge is -2.29. The van der Waals surface area contributed by atoms with Crippen LogP contribution < -0.4 is 9.96 Å². The van der Waals surface area contributed by atoms with Gasteiger partial charge in [0.05, 0.1) is 17.4 Å². The van der Waals surface area contributed by atoms with Crippen LogP contribution in [0.15, 0.2) is 78.9 Å². The fourth-order valence-corrected chi connectivity index (χ4v) is 4.79. The van der Waals surface area contributed by atoms with Crippen molar-refractivity contribution in [3.05, 3.63) is 95.0 Å². The molecule has 2 aliphatic rings. The number of hydrogen-bond donors (Lipinski definition) is 0. The Balaban J connectivity index is 1.57. The van der Waals surface area contributed by atoms with Gasteiger partial charge in [0, 0.05) is 5.02 Å². The van der Waals surface area contributed by atoms with Crippen molar-refractivity contribution in [3.63, 3.8) is 0 Å². The van der Waals surface area contributed by atoms with Crippen molar-refractivity contribution in [1.82, 2.24) is 0 Å². The van der Waals surface area contributed by atoms with Crippen molar-refractivity contribution in [1.29, 1.82) is 0 Å². The molecule has 0 radical (unpaired) electrons. The van der Waals surface area contributed by atoms with Gasteiger partial charge in [-0.3, -0.25) is 14.4 Å². The molecule has 3 atom stereocenters. The van der Waals surface area contributed by atoms with E-state index >= 15 is 0 Å². The maximum atomic E-state index is 13.7. The Labute approximate surface area is 198 Å². The fourth-order valence-electron chi connectivity index (χ4n) is 4.60. The summed E-state index contributed by atoms with van der Waals surface area (Å²) in [4.78, 5) is 34.4. The zero-order chi connectivity index (χ0) is 23.3. The first-order chi connectivity index (χ1) is 15.8. The van der Waals surface area contributed by atoms with E-state index in [-0.39, 0.29) is 17.2 Å². The van der Waals surface area contributed by atoms with E-state index in [1.807, 2.05) is 42.5 Å². The third-order valence-corrected chi connectivity index (χ3v) is 6.55. The topological polar surface area (TPSA) is 49.9 Å². The first kappa shape index (κ1) is 21.7. The zero-order valence-electron chi connectivity index (χ0n) is 18.7. The van der Waals surface area contributed by atoms with Gasteiger partial charge < -0.3 is 0 Å². The van der Waals surface area contributed by atoms with Gasteiger partial charge in [-0.25, -0.2) is 9.96 Å². The predicted molar refractivity (Wildman–Crippen MR) is 129 cm³/mol. The lowest BCUT2D eigenvalue weighted by molar-refractivity contribution is -0.126. The lowest BCUT2D eigenvalue weighted by Crippen LogP contribution is -2.37. The average Bonchev–Trinajstić information content (AvgIpc) is 3.30. The van der Waals surface area contributed by atoms with E-state index in [0.717, 1.165) is 11.3 Å². The monoisotopic (exact) mass is 460 g/mol. The highest BCUT2D eigenvalue weighted by Gasteiger charge is 2.60. The zero-order valence-corrected chi connectivity index (χ0v) is 19.5. The normalized spacial score (nSPS) is 22.7. The van der Waals surface area contributed by atoms with Gasteiger partial charge in [0.2, 0.25) is 5.91 Å². The number of carbonyl (C=O) groups excluding carboxylic acids is 2. The summed E-state index contributed by atoms with van der Waals surface area (Å²) in [7, 11) is 0. The van der Waals surface area contributed by atoms with E-state index in [1.165, 1.54) is 10.5 Å². The number of hydrogen-bond acceptors (Lipinski definition) is 4. The molecule has 0 bridgehead atoms. The number of nitrogens with zero attached hydrogens (tertiary/aromatic N) is 2. The second-order valence-corrected chi connectivity index (χ2v) is 9.96. The third kappa shape index (κ3) is 3.71. The number of carbonyl (C=O) groups is 2. The van der Waals surface area contributed by atoms with Crippen molar-refractivity contribution in [2.75, 3.05) is 9.96 Å². The number of imide groups is 1. The van der Waals surface area contributed by atoms with Crippen LogP contribution in [-0.2, 0) is 19.8 Å². The summed E-state index contributed by atoms with van der Waals surface area (Å²) in [5.74, 6) is -1.32. The van der Waals surface area contributed by atoms with Crippen molar-refractivity contribution in [2.24, 2.45) is 5.92 Å². The first-order valence-corrected chi connectivity index (χ1v) is 11.4. The van der Waals surface area contributed by atoms with Gasteiger partial charge >= 0.3 is 0 Å². The average molecular weight is 461 g/mol. The number of fused-ring (bicyclic) bond motifs is 1. The number of benzene rings is 3. The van der Waals surface area contributed by atoms with Gasteiger partial charge in [0.15, 0.2) is 6.10 Å². The summed E-state index contributed by atoms with van der Waals surface area (Å²) in [6, 6.07) is 24.2. The Morgan fingerprint density at radius 1 is 0.818 bits per heavy atom. The maximum absolute atomic E-state index is 13.7. The molecule has 2 saturated heterocycles. The smallest absolute Gasteiger partial charge is 0.266 e. The summed E-state index contributed by atoms with van der Waals surface area (Å²) in [5, 5.41) is 2.18. The van der Waals surface area contributed by atoms with Gasteiger partial charge in [0.1, 0.15) is 5.92 Å². The van der Waals surface area contributed by atoms with E-state index in [1.54, 1.807) is 29.3 Å². The Morgan fingerprint density at radius 2 is 1.48 bits per heavy atom. The summed E-state index contributed by atoms with van der Waals surface area (Å²) < 4.78 is 0. The minimum Gasteiger partial charge on any atom is -0.273 e. The van der Waals surface area contributed by atoms with Gasteiger partial charge in [-0.2, -0.15) is 0 Å². The molecule has 2 fully saturated rings. The number of amides is 2. The summed E-state index contributed by atoms with van der Waals surface area (Å²) in [6.45, 7) is 6.49. The van der Waals surface area contributed by atoms with Gasteiger partial charge in [-0.15, -0.1) is 0 Å². The molecular formula is C27H25ClN2O3. The Morgan fingerprint density at radius 3 is 2.12 bits per heavy atom. The van der Waals surface area contributed by atoms with E-state index in [0.29, 0.717) is 10.7 Å². The molecular weight excluding hydrogens is 436 g/mol. The van der Waals surface area contributed by atoms with Crippen LogP contribution >= 0.6 is 11.6 Å². The molecule has 0 N–H and O–H groups in total. The molecule has 0 saturated carbocycles. The molecule has 0 aliphatic carbocycles. The summed E-state index contributed by atoms with van der Waals surface area (Å²) >= 11 is 6.13. The number of rotatable bonds is 3. The molecule has 2 heterocycles. The van der Waals surface area contributed by atoms with Crippen molar-refractivity contribution >= 4 is 34.8 Å². The number of anilines is 2. The SMILES string of the molecule is CC(C)(C)c1ccc(C2C3C(=O)N(c4cccc(Cl)c4)C(=O)C3ON2c2ccccc2)cc1. The Hall–Kier alpha value is -3.15. The molecule has 168 valence electrons. The van der Waals surface area contributed by atoms with E-state index in [2.05, 4.69) is 32.9 Å². The van der Waals surface area contributed by atoms with Gasteiger partial charge in [0.25, 0.3) is 5.91 Å². The van der Waals surface area contributed by atoms with E-state index in [9.17, 15) is 9.59 Å². The van der Waals surface area contributed by atoms with Crippen LogP contribution in [0.2, 0.25) is 5.02 Å². The second kappa shape index (κ2) is 8.01.